The number of nitrogens with zero attached hydrogens (tertiary/aromatic N) is 2. The maximum atomic E-state index is 11.8. The highest BCUT2D eigenvalue weighted by Crippen LogP contribution is 2.14. The van der Waals surface area contributed by atoms with Gasteiger partial charge in [0.05, 0.1) is 12.2 Å². The lowest BCUT2D eigenvalue weighted by molar-refractivity contribution is 0.0941. The molecular formula is C13H15N3O2. The molecule has 0 aromatic carbocycles. The highest BCUT2D eigenvalue weighted by atomic mass is 16.5. The van der Waals surface area contributed by atoms with E-state index in [1.165, 1.54) is 0 Å². The molecule has 0 bridgehead atoms. The number of amides is 1. The summed E-state index contributed by atoms with van der Waals surface area (Å²) in [5.74, 6) is 0.670. The molecule has 0 aliphatic carbocycles. The zero-order chi connectivity index (χ0) is 13.0. The fourth-order valence-corrected chi connectivity index (χ4v) is 1.43. The highest BCUT2D eigenvalue weighted by molar-refractivity contribution is 5.92. The van der Waals surface area contributed by atoms with Gasteiger partial charge in [-0.15, -0.1) is 0 Å². The molecule has 0 unspecified atom stereocenters. The lowest BCUT2D eigenvalue weighted by Gasteiger charge is -2.01. The van der Waals surface area contributed by atoms with Gasteiger partial charge in [-0.3, -0.25) is 9.78 Å². The number of pyridine rings is 1. The lowest BCUT2D eigenvalue weighted by Crippen LogP contribution is -2.23. The molecule has 2 aromatic heterocycles. The van der Waals surface area contributed by atoms with E-state index in [1.807, 2.05) is 32.0 Å². The highest BCUT2D eigenvalue weighted by Gasteiger charge is 2.13. The van der Waals surface area contributed by atoms with Crippen LogP contribution in [0.3, 0.4) is 0 Å². The van der Waals surface area contributed by atoms with Gasteiger partial charge in [0.15, 0.2) is 5.69 Å². The Hall–Kier alpha value is -2.17. The van der Waals surface area contributed by atoms with Crippen LogP contribution in [0.4, 0.5) is 0 Å². The topological polar surface area (TPSA) is 68.0 Å². The summed E-state index contributed by atoms with van der Waals surface area (Å²) >= 11 is 0. The van der Waals surface area contributed by atoms with E-state index in [0.717, 1.165) is 5.69 Å². The third-order valence-electron chi connectivity index (χ3n) is 2.49. The molecule has 0 saturated carbocycles. The van der Waals surface area contributed by atoms with E-state index in [2.05, 4.69) is 15.5 Å². The second-order valence-electron chi connectivity index (χ2n) is 4.27. The maximum absolute atomic E-state index is 11.8. The van der Waals surface area contributed by atoms with Crippen LogP contribution in [0.1, 0.15) is 41.7 Å². The Kier molecular flexibility index (Phi) is 3.72. The van der Waals surface area contributed by atoms with Gasteiger partial charge in [-0.05, 0) is 12.1 Å². The second kappa shape index (κ2) is 5.44. The van der Waals surface area contributed by atoms with Crippen LogP contribution in [0.15, 0.2) is 35.0 Å². The number of carbonyl (C=O) groups excluding carboxylic acids is 1. The van der Waals surface area contributed by atoms with Gasteiger partial charge in [0, 0.05) is 18.2 Å². The minimum atomic E-state index is -0.253. The Labute approximate surface area is 105 Å². The van der Waals surface area contributed by atoms with Crippen LogP contribution in [-0.2, 0) is 6.54 Å². The summed E-state index contributed by atoms with van der Waals surface area (Å²) in [6, 6.07) is 7.22. The van der Waals surface area contributed by atoms with Gasteiger partial charge in [0.25, 0.3) is 5.91 Å². The molecule has 2 heterocycles. The molecular weight excluding hydrogens is 230 g/mol. The number of hydrogen-bond acceptors (Lipinski definition) is 4. The largest absolute Gasteiger partial charge is 0.360 e. The van der Waals surface area contributed by atoms with Crippen molar-refractivity contribution in [1.82, 2.24) is 15.5 Å². The van der Waals surface area contributed by atoms with Crippen molar-refractivity contribution in [3.8, 4) is 0 Å². The molecule has 0 fully saturated rings. The fraction of sp³-hybridized carbons (Fsp3) is 0.308. The van der Waals surface area contributed by atoms with Crippen LogP contribution in [0.2, 0.25) is 0 Å². The summed E-state index contributed by atoms with van der Waals surface area (Å²) in [6.07, 6.45) is 1.69. The van der Waals surface area contributed by atoms with Gasteiger partial charge in [0.1, 0.15) is 5.76 Å². The zero-order valence-corrected chi connectivity index (χ0v) is 10.4. The van der Waals surface area contributed by atoms with Gasteiger partial charge in [-0.2, -0.15) is 0 Å². The summed E-state index contributed by atoms with van der Waals surface area (Å²) in [6.45, 7) is 4.34. The molecule has 1 amide bonds. The number of aromatic nitrogens is 2. The Morgan fingerprint density at radius 3 is 2.89 bits per heavy atom. The Balaban J connectivity index is 1.95. The standard InChI is InChI=1S/C13H15N3O2/c1-9(2)12-7-11(16-18-12)13(17)15-8-10-5-3-4-6-14-10/h3-7,9H,8H2,1-2H3,(H,15,17). The molecule has 94 valence electrons. The molecule has 0 aliphatic rings. The molecule has 5 heteroatoms. The van der Waals surface area contributed by atoms with Crippen LogP contribution in [-0.4, -0.2) is 16.0 Å². The van der Waals surface area contributed by atoms with Crippen LogP contribution < -0.4 is 5.32 Å². The van der Waals surface area contributed by atoms with Crippen LogP contribution in [0.5, 0.6) is 0 Å². The van der Waals surface area contributed by atoms with E-state index in [0.29, 0.717) is 18.0 Å². The van der Waals surface area contributed by atoms with E-state index in [-0.39, 0.29) is 11.8 Å². The normalized spacial score (nSPS) is 10.6. The summed E-state index contributed by atoms with van der Waals surface area (Å²) in [5.41, 5.74) is 1.10. The quantitative estimate of drug-likeness (QED) is 0.895. The molecule has 2 rings (SSSR count). The number of carbonyl (C=O) groups is 1. The molecule has 0 saturated heterocycles. The van der Waals surface area contributed by atoms with E-state index in [4.69, 9.17) is 4.52 Å². The van der Waals surface area contributed by atoms with Crippen molar-refractivity contribution < 1.29 is 9.32 Å². The van der Waals surface area contributed by atoms with Gasteiger partial charge in [-0.25, -0.2) is 0 Å². The summed E-state index contributed by atoms with van der Waals surface area (Å²) in [4.78, 5) is 15.9. The SMILES string of the molecule is CC(C)c1cc(C(=O)NCc2ccccn2)no1. The average Bonchev–Trinajstić information content (AvgIpc) is 2.87. The first-order valence-corrected chi connectivity index (χ1v) is 5.81. The van der Waals surface area contributed by atoms with Crippen LogP contribution in [0.25, 0.3) is 0 Å². The molecule has 5 nitrogen and oxygen atoms in total. The van der Waals surface area contributed by atoms with Crippen molar-refractivity contribution in [2.75, 3.05) is 0 Å². The summed E-state index contributed by atoms with van der Waals surface area (Å²) in [5, 5.41) is 6.49. The molecule has 1 N–H and O–H groups in total. The van der Waals surface area contributed by atoms with E-state index in [1.54, 1.807) is 12.3 Å². The smallest absolute Gasteiger partial charge is 0.273 e. The van der Waals surface area contributed by atoms with Crippen LogP contribution in [0, 0.1) is 0 Å². The Morgan fingerprint density at radius 2 is 2.28 bits per heavy atom. The average molecular weight is 245 g/mol. The van der Waals surface area contributed by atoms with Crippen LogP contribution >= 0.6 is 0 Å². The zero-order valence-electron chi connectivity index (χ0n) is 10.4. The predicted octanol–water partition coefficient (Wildman–Crippen LogP) is 2.12. The first-order valence-electron chi connectivity index (χ1n) is 5.81. The van der Waals surface area contributed by atoms with Crippen molar-refractivity contribution in [3.05, 3.63) is 47.6 Å². The van der Waals surface area contributed by atoms with Gasteiger partial charge in [-0.1, -0.05) is 25.1 Å². The first kappa shape index (κ1) is 12.3. The van der Waals surface area contributed by atoms with Crippen molar-refractivity contribution >= 4 is 5.91 Å². The predicted molar refractivity (Wildman–Crippen MR) is 66.0 cm³/mol. The third kappa shape index (κ3) is 2.94. The maximum Gasteiger partial charge on any atom is 0.273 e. The molecule has 0 atom stereocenters. The van der Waals surface area contributed by atoms with E-state index < -0.39 is 0 Å². The van der Waals surface area contributed by atoms with Gasteiger partial charge < -0.3 is 9.84 Å². The van der Waals surface area contributed by atoms with Gasteiger partial charge >= 0.3 is 0 Å². The van der Waals surface area contributed by atoms with Crippen molar-refractivity contribution in [2.24, 2.45) is 0 Å². The molecule has 18 heavy (non-hydrogen) atoms. The molecule has 0 spiro atoms. The lowest BCUT2D eigenvalue weighted by atomic mass is 10.1. The molecule has 0 radical (unpaired) electrons. The van der Waals surface area contributed by atoms with Crippen molar-refractivity contribution in [3.63, 3.8) is 0 Å². The van der Waals surface area contributed by atoms with Crippen molar-refractivity contribution in [1.29, 1.82) is 0 Å². The molecule has 0 aliphatic heterocycles. The minimum absolute atomic E-state index is 0.217. The van der Waals surface area contributed by atoms with E-state index >= 15 is 0 Å². The fourth-order valence-electron chi connectivity index (χ4n) is 1.43. The Bertz CT molecular complexity index is 520. The first-order chi connectivity index (χ1) is 8.66. The Morgan fingerprint density at radius 1 is 1.44 bits per heavy atom. The number of nitrogens with one attached hydrogen (secondary N) is 1. The van der Waals surface area contributed by atoms with Gasteiger partial charge in [0.2, 0.25) is 0 Å². The number of rotatable bonds is 4. The summed E-state index contributed by atoms with van der Waals surface area (Å²) < 4.78 is 5.07. The van der Waals surface area contributed by atoms with E-state index in [9.17, 15) is 4.79 Å². The summed E-state index contributed by atoms with van der Waals surface area (Å²) in [7, 11) is 0. The second-order valence-corrected chi connectivity index (χ2v) is 4.27. The third-order valence-corrected chi connectivity index (χ3v) is 2.49. The van der Waals surface area contributed by atoms with Crippen molar-refractivity contribution in [2.45, 2.75) is 26.3 Å². The minimum Gasteiger partial charge on any atom is -0.360 e. The number of hydrogen-bond donors (Lipinski definition) is 1. The monoisotopic (exact) mass is 245 g/mol. The molecule has 2 aromatic rings.